The van der Waals surface area contributed by atoms with E-state index in [0.717, 1.165) is 28.0 Å². The smallest absolute Gasteiger partial charge is 0.161 e. The minimum atomic E-state index is 0.585. The third kappa shape index (κ3) is 3.08. The van der Waals surface area contributed by atoms with Crippen molar-refractivity contribution in [1.82, 2.24) is 30.1 Å². The van der Waals surface area contributed by atoms with Gasteiger partial charge < -0.3 is 10.3 Å². The molecule has 2 aromatic carbocycles. The molecule has 0 aliphatic heterocycles. The summed E-state index contributed by atoms with van der Waals surface area (Å²) in [7, 11) is 0. The molecule has 0 bridgehead atoms. The molecule has 5 rings (SSSR count). The van der Waals surface area contributed by atoms with E-state index in [4.69, 9.17) is 11.6 Å². The summed E-state index contributed by atoms with van der Waals surface area (Å²) >= 11 is 6.08. The van der Waals surface area contributed by atoms with Crippen LogP contribution in [0.3, 0.4) is 0 Å². The first kappa shape index (κ1) is 16.5. The van der Waals surface area contributed by atoms with Gasteiger partial charge in [-0.3, -0.25) is 5.10 Å². The van der Waals surface area contributed by atoms with Crippen molar-refractivity contribution in [2.24, 2.45) is 0 Å². The first-order valence-electron chi connectivity index (χ1n) is 8.61. The lowest BCUT2D eigenvalue weighted by Crippen LogP contribution is -1.97. The summed E-state index contributed by atoms with van der Waals surface area (Å²) in [6.07, 6.45) is 3.40. The number of para-hydroxylation sites is 2. The molecule has 3 heterocycles. The van der Waals surface area contributed by atoms with Gasteiger partial charge in [-0.2, -0.15) is 5.10 Å². The molecule has 0 atom stereocenters. The van der Waals surface area contributed by atoms with Crippen molar-refractivity contribution in [3.05, 3.63) is 72.0 Å². The van der Waals surface area contributed by atoms with Crippen molar-refractivity contribution in [3.63, 3.8) is 0 Å². The lowest BCUT2D eigenvalue weighted by Gasteiger charge is -2.07. The zero-order valence-corrected chi connectivity index (χ0v) is 15.3. The Balaban J connectivity index is 1.48. The summed E-state index contributed by atoms with van der Waals surface area (Å²) in [5, 5.41) is 11.1. The third-order valence-corrected chi connectivity index (χ3v) is 4.50. The fourth-order valence-corrected chi connectivity index (χ4v) is 3.16. The van der Waals surface area contributed by atoms with Gasteiger partial charge >= 0.3 is 0 Å². The average Bonchev–Trinajstić information content (AvgIpc) is 3.34. The highest BCUT2D eigenvalue weighted by Gasteiger charge is 2.13. The molecule has 28 heavy (non-hydrogen) atoms. The van der Waals surface area contributed by atoms with Crippen molar-refractivity contribution < 1.29 is 0 Å². The first-order chi connectivity index (χ1) is 13.8. The largest absolute Gasteiger partial charge is 0.337 e. The predicted octanol–water partition coefficient (Wildman–Crippen LogP) is 4.81. The molecular weight excluding hydrogens is 374 g/mol. The molecule has 0 unspecified atom stereocenters. The molecule has 7 nitrogen and oxygen atoms in total. The number of anilines is 2. The zero-order valence-electron chi connectivity index (χ0n) is 14.5. The highest BCUT2D eigenvalue weighted by molar-refractivity contribution is 6.30. The van der Waals surface area contributed by atoms with Crippen molar-refractivity contribution in [2.45, 2.75) is 0 Å². The molecule has 0 amide bonds. The summed E-state index contributed by atoms with van der Waals surface area (Å²) in [6, 6.07) is 17.1. The zero-order chi connectivity index (χ0) is 18.9. The SMILES string of the molecule is Clc1cccc(-c2nccc(Nc3cn[nH]c3-c3nc4ccccc4[nH]3)n2)c1. The van der Waals surface area contributed by atoms with E-state index in [0.29, 0.717) is 22.5 Å². The Morgan fingerprint density at radius 3 is 2.79 bits per heavy atom. The van der Waals surface area contributed by atoms with E-state index < -0.39 is 0 Å². The van der Waals surface area contributed by atoms with Crippen LogP contribution in [0.1, 0.15) is 0 Å². The van der Waals surface area contributed by atoms with Gasteiger partial charge in [-0.1, -0.05) is 35.9 Å². The molecule has 136 valence electrons. The van der Waals surface area contributed by atoms with Gasteiger partial charge in [0.15, 0.2) is 11.6 Å². The van der Waals surface area contributed by atoms with E-state index >= 15 is 0 Å². The van der Waals surface area contributed by atoms with Crippen LogP contribution >= 0.6 is 11.6 Å². The van der Waals surface area contributed by atoms with Crippen LogP contribution in [0, 0.1) is 0 Å². The van der Waals surface area contributed by atoms with Gasteiger partial charge in [0.05, 0.1) is 22.9 Å². The Morgan fingerprint density at radius 1 is 0.964 bits per heavy atom. The van der Waals surface area contributed by atoms with Gasteiger partial charge in [-0.25, -0.2) is 15.0 Å². The Kier molecular flexibility index (Phi) is 3.99. The van der Waals surface area contributed by atoms with E-state index in [1.54, 1.807) is 18.5 Å². The number of nitrogens with zero attached hydrogens (tertiary/aromatic N) is 4. The monoisotopic (exact) mass is 387 g/mol. The van der Waals surface area contributed by atoms with Crippen LogP contribution in [0.15, 0.2) is 67.0 Å². The van der Waals surface area contributed by atoms with Crippen LogP contribution in [0.4, 0.5) is 11.5 Å². The molecule has 0 aliphatic rings. The van der Waals surface area contributed by atoms with E-state index in [-0.39, 0.29) is 0 Å². The van der Waals surface area contributed by atoms with Crippen LogP contribution in [0.25, 0.3) is 33.9 Å². The molecule has 5 aromatic rings. The van der Waals surface area contributed by atoms with Gasteiger partial charge in [0.1, 0.15) is 11.5 Å². The van der Waals surface area contributed by atoms with E-state index in [1.165, 1.54) is 0 Å². The quantitative estimate of drug-likeness (QED) is 0.411. The summed E-state index contributed by atoms with van der Waals surface area (Å²) in [5.74, 6) is 1.93. The number of rotatable bonds is 4. The maximum Gasteiger partial charge on any atom is 0.161 e. The summed E-state index contributed by atoms with van der Waals surface area (Å²) in [5.41, 5.74) is 4.21. The number of nitrogens with one attached hydrogen (secondary N) is 3. The number of hydrogen-bond donors (Lipinski definition) is 3. The lowest BCUT2D eigenvalue weighted by atomic mass is 10.2. The summed E-state index contributed by atoms with van der Waals surface area (Å²) < 4.78 is 0. The molecule has 3 N–H and O–H groups in total. The number of halogens is 1. The lowest BCUT2D eigenvalue weighted by molar-refractivity contribution is 1.08. The fourth-order valence-electron chi connectivity index (χ4n) is 2.97. The summed E-state index contributed by atoms with van der Waals surface area (Å²) in [4.78, 5) is 16.8. The molecule has 3 aromatic heterocycles. The second-order valence-electron chi connectivity index (χ2n) is 6.16. The van der Waals surface area contributed by atoms with Gasteiger partial charge in [-0.15, -0.1) is 0 Å². The minimum absolute atomic E-state index is 0.585. The maximum absolute atomic E-state index is 6.08. The Morgan fingerprint density at radius 2 is 1.89 bits per heavy atom. The molecular formula is C20H14ClN7. The Bertz CT molecular complexity index is 1240. The first-order valence-corrected chi connectivity index (χ1v) is 8.98. The molecule has 0 saturated heterocycles. The van der Waals surface area contributed by atoms with E-state index in [1.807, 2.05) is 48.5 Å². The maximum atomic E-state index is 6.08. The van der Waals surface area contributed by atoms with Gasteiger partial charge in [0.25, 0.3) is 0 Å². The van der Waals surface area contributed by atoms with Crippen LogP contribution in [0.5, 0.6) is 0 Å². The second kappa shape index (κ2) is 6.79. The number of benzene rings is 2. The van der Waals surface area contributed by atoms with Crippen LogP contribution in [0.2, 0.25) is 5.02 Å². The van der Waals surface area contributed by atoms with Crippen molar-refractivity contribution in [3.8, 4) is 22.9 Å². The van der Waals surface area contributed by atoms with Crippen molar-refractivity contribution in [1.29, 1.82) is 0 Å². The van der Waals surface area contributed by atoms with E-state index in [9.17, 15) is 0 Å². The number of imidazole rings is 1. The van der Waals surface area contributed by atoms with Crippen LogP contribution < -0.4 is 5.32 Å². The van der Waals surface area contributed by atoms with Crippen molar-refractivity contribution >= 4 is 34.1 Å². The Labute approximate surface area is 164 Å². The molecule has 8 heteroatoms. The summed E-state index contributed by atoms with van der Waals surface area (Å²) in [6.45, 7) is 0. The number of H-pyrrole nitrogens is 2. The number of hydrogen-bond acceptors (Lipinski definition) is 5. The predicted molar refractivity (Wildman–Crippen MR) is 109 cm³/mol. The molecule has 0 saturated carbocycles. The molecule has 0 spiro atoms. The number of aromatic amines is 2. The number of aromatic nitrogens is 6. The highest BCUT2D eigenvalue weighted by Crippen LogP contribution is 2.28. The highest BCUT2D eigenvalue weighted by atomic mass is 35.5. The fraction of sp³-hybridized carbons (Fsp3) is 0. The number of fused-ring (bicyclic) bond motifs is 1. The standard InChI is InChI=1S/C20H14ClN7/c21-13-5-3-4-12(10-13)19-22-9-8-17(27-19)24-16-11-23-28-18(16)20-25-14-6-1-2-7-15(14)26-20/h1-11H,(H,23,28)(H,25,26)(H,22,24,27). The second-order valence-corrected chi connectivity index (χ2v) is 6.60. The van der Waals surface area contributed by atoms with Gasteiger partial charge in [0, 0.05) is 16.8 Å². The van der Waals surface area contributed by atoms with Crippen molar-refractivity contribution in [2.75, 3.05) is 5.32 Å². The molecule has 0 aliphatic carbocycles. The van der Waals surface area contributed by atoms with Gasteiger partial charge in [0.2, 0.25) is 0 Å². The van der Waals surface area contributed by atoms with Crippen LogP contribution in [-0.2, 0) is 0 Å². The van der Waals surface area contributed by atoms with Crippen LogP contribution in [-0.4, -0.2) is 30.1 Å². The third-order valence-electron chi connectivity index (χ3n) is 4.27. The molecule has 0 fully saturated rings. The van der Waals surface area contributed by atoms with E-state index in [2.05, 4.69) is 35.5 Å². The Hall–Kier alpha value is -3.71. The average molecular weight is 388 g/mol. The minimum Gasteiger partial charge on any atom is -0.337 e. The molecule has 0 radical (unpaired) electrons. The normalized spacial score (nSPS) is 11.0. The topological polar surface area (TPSA) is 95.2 Å². The van der Waals surface area contributed by atoms with Gasteiger partial charge in [-0.05, 0) is 30.3 Å².